The number of morpholine rings is 1. The van der Waals surface area contributed by atoms with Gasteiger partial charge in [0.1, 0.15) is 5.82 Å². The molecule has 1 fully saturated rings. The van der Waals surface area contributed by atoms with Crippen LogP contribution in [0.4, 0.5) is 5.82 Å². The minimum atomic E-state index is -0.190. The quantitative estimate of drug-likeness (QED) is 0.908. The number of aromatic nitrogens is 1. The summed E-state index contributed by atoms with van der Waals surface area (Å²) in [6, 6.07) is 4.07. The molecule has 2 heterocycles. The SMILES string of the molecule is Cc1nc(N2CC(CN)OC(C)(C)C2)ccc1Br. The molecule has 1 aromatic heterocycles. The van der Waals surface area contributed by atoms with Gasteiger partial charge >= 0.3 is 0 Å². The lowest BCUT2D eigenvalue weighted by atomic mass is 10.1. The number of pyridine rings is 1. The number of aryl methyl sites for hydroxylation is 1. The van der Waals surface area contributed by atoms with Crippen molar-refractivity contribution in [2.45, 2.75) is 32.5 Å². The molecule has 5 heteroatoms. The zero-order valence-electron chi connectivity index (χ0n) is 11.1. The summed E-state index contributed by atoms with van der Waals surface area (Å²) in [5, 5.41) is 0. The van der Waals surface area contributed by atoms with Gasteiger partial charge in [-0.15, -0.1) is 0 Å². The van der Waals surface area contributed by atoms with Crippen molar-refractivity contribution >= 4 is 21.7 Å². The highest BCUT2D eigenvalue weighted by Crippen LogP contribution is 2.26. The van der Waals surface area contributed by atoms with Crippen LogP contribution in [0.3, 0.4) is 0 Å². The number of nitrogens with two attached hydrogens (primary N) is 1. The predicted octanol–water partition coefficient (Wildman–Crippen LogP) is 2.10. The lowest BCUT2D eigenvalue weighted by Crippen LogP contribution is -2.55. The average molecular weight is 314 g/mol. The van der Waals surface area contributed by atoms with Crippen LogP contribution in [-0.2, 0) is 4.74 Å². The maximum absolute atomic E-state index is 5.92. The molecule has 0 spiro atoms. The Labute approximate surface area is 117 Å². The molecule has 18 heavy (non-hydrogen) atoms. The molecular weight excluding hydrogens is 294 g/mol. The number of hydrogen-bond acceptors (Lipinski definition) is 4. The van der Waals surface area contributed by atoms with Gasteiger partial charge in [0.25, 0.3) is 0 Å². The van der Waals surface area contributed by atoms with Crippen LogP contribution in [-0.4, -0.2) is 36.3 Å². The van der Waals surface area contributed by atoms with Gasteiger partial charge in [0.2, 0.25) is 0 Å². The predicted molar refractivity (Wildman–Crippen MR) is 76.9 cm³/mol. The second-order valence-corrected chi connectivity index (χ2v) is 6.21. The molecule has 1 aliphatic heterocycles. The number of nitrogens with zero attached hydrogens (tertiary/aromatic N) is 2. The zero-order chi connectivity index (χ0) is 13.3. The molecule has 1 aromatic rings. The van der Waals surface area contributed by atoms with E-state index < -0.39 is 0 Å². The second-order valence-electron chi connectivity index (χ2n) is 5.35. The summed E-state index contributed by atoms with van der Waals surface area (Å²) in [5.41, 5.74) is 6.55. The van der Waals surface area contributed by atoms with Crippen molar-refractivity contribution in [1.29, 1.82) is 0 Å². The van der Waals surface area contributed by atoms with Crippen LogP contribution in [0.5, 0.6) is 0 Å². The molecule has 0 bridgehead atoms. The Morgan fingerprint density at radius 3 is 2.89 bits per heavy atom. The van der Waals surface area contributed by atoms with Crippen molar-refractivity contribution in [1.82, 2.24) is 4.98 Å². The molecule has 100 valence electrons. The number of rotatable bonds is 2. The van der Waals surface area contributed by atoms with Crippen molar-refractivity contribution in [3.63, 3.8) is 0 Å². The van der Waals surface area contributed by atoms with Crippen molar-refractivity contribution in [3.05, 3.63) is 22.3 Å². The highest BCUT2D eigenvalue weighted by Gasteiger charge is 2.33. The maximum Gasteiger partial charge on any atom is 0.129 e. The summed E-state index contributed by atoms with van der Waals surface area (Å²) in [5.74, 6) is 0.991. The molecule has 0 aromatic carbocycles. The first kappa shape index (κ1) is 13.8. The molecular formula is C13H20BrN3O. The van der Waals surface area contributed by atoms with Crippen molar-refractivity contribution < 1.29 is 4.74 Å². The Bertz CT molecular complexity index is 436. The molecule has 2 N–H and O–H groups in total. The number of anilines is 1. The highest BCUT2D eigenvalue weighted by molar-refractivity contribution is 9.10. The number of hydrogen-bond donors (Lipinski definition) is 1. The summed E-state index contributed by atoms with van der Waals surface area (Å²) in [6.45, 7) is 8.35. The Morgan fingerprint density at radius 1 is 1.56 bits per heavy atom. The average Bonchev–Trinajstić information content (AvgIpc) is 2.30. The standard InChI is InChI=1S/C13H20BrN3O/c1-9-11(14)4-5-12(16-9)17-7-10(6-15)18-13(2,3)8-17/h4-5,10H,6-8,15H2,1-3H3. The largest absolute Gasteiger partial charge is 0.367 e. The van der Waals surface area contributed by atoms with Crippen LogP contribution in [0.15, 0.2) is 16.6 Å². The van der Waals surface area contributed by atoms with Crippen molar-refractivity contribution in [3.8, 4) is 0 Å². The lowest BCUT2D eigenvalue weighted by Gasteiger charge is -2.43. The van der Waals surface area contributed by atoms with Crippen molar-refractivity contribution in [2.24, 2.45) is 5.73 Å². The molecule has 1 atom stereocenters. The van der Waals surface area contributed by atoms with E-state index in [1.54, 1.807) is 0 Å². The zero-order valence-corrected chi connectivity index (χ0v) is 12.7. The van der Waals surface area contributed by atoms with Gasteiger partial charge < -0.3 is 15.4 Å². The summed E-state index contributed by atoms with van der Waals surface area (Å²) in [4.78, 5) is 6.86. The topological polar surface area (TPSA) is 51.4 Å². The molecule has 0 amide bonds. The van der Waals surface area contributed by atoms with Gasteiger partial charge in [0, 0.05) is 24.1 Å². The van der Waals surface area contributed by atoms with Crippen molar-refractivity contribution in [2.75, 3.05) is 24.5 Å². The third kappa shape index (κ3) is 3.02. The van der Waals surface area contributed by atoms with Gasteiger partial charge in [-0.05, 0) is 48.8 Å². The van der Waals surface area contributed by atoms with Crippen LogP contribution < -0.4 is 10.6 Å². The van der Waals surface area contributed by atoms with Gasteiger partial charge in [-0.3, -0.25) is 0 Å². The minimum Gasteiger partial charge on any atom is -0.367 e. The first-order valence-electron chi connectivity index (χ1n) is 6.17. The first-order valence-corrected chi connectivity index (χ1v) is 6.96. The monoisotopic (exact) mass is 313 g/mol. The van der Waals surface area contributed by atoms with Gasteiger partial charge in [0.15, 0.2) is 0 Å². The smallest absolute Gasteiger partial charge is 0.129 e. The summed E-state index contributed by atoms with van der Waals surface area (Å²) >= 11 is 3.48. The third-order valence-corrected chi connectivity index (χ3v) is 3.91. The molecule has 2 rings (SSSR count). The summed E-state index contributed by atoms with van der Waals surface area (Å²) in [6.07, 6.45) is 0.0690. The highest BCUT2D eigenvalue weighted by atomic mass is 79.9. The van der Waals surface area contributed by atoms with Gasteiger partial charge in [-0.2, -0.15) is 0 Å². The fraction of sp³-hybridized carbons (Fsp3) is 0.615. The van der Waals surface area contributed by atoms with Gasteiger partial charge in [0.05, 0.1) is 17.4 Å². The fourth-order valence-corrected chi connectivity index (χ4v) is 2.52. The van der Waals surface area contributed by atoms with E-state index in [2.05, 4.69) is 39.7 Å². The number of halogens is 1. The van der Waals surface area contributed by atoms with E-state index in [1.807, 2.05) is 19.1 Å². The van der Waals surface area contributed by atoms with Gasteiger partial charge in [-0.1, -0.05) is 0 Å². The van der Waals surface area contributed by atoms with E-state index in [4.69, 9.17) is 10.5 Å². The second kappa shape index (κ2) is 5.15. The molecule has 1 aliphatic rings. The summed E-state index contributed by atoms with van der Waals surface area (Å²) in [7, 11) is 0. The third-order valence-electron chi connectivity index (χ3n) is 3.07. The Morgan fingerprint density at radius 2 is 2.28 bits per heavy atom. The van der Waals surface area contributed by atoms with Crippen LogP contribution in [0.1, 0.15) is 19.5 Å². The Hall–Kier alpha value is -0.650. The first-order chi connectivity index (χ1) is 8.41. The van der Waals surface area contributed by atoms with Crippen LogP contribution in [0.25, 0.3) is 0 Å². The maximum atomic E-state index is 5.92. The summed E-state index contributed by atoms with van der Waals surface area (Å²) < 4.78 is 6.96. The van der Waals surface area contributed by atoms with Crippen LogP contribution >= 0.6 is 15.9 Å². The molecule has 0 radical (unpaired) electrons. The minimum absolute atomic E-state index is 0.0690. The van der Waals surface area contributed by atoms with E-state index in [1.165, 1.54) is 0 Å². The molecule has 1 unspecified atom stereocenters. The van der Waals surface area contributed by atoms with E-state index in [0.29, 0.717) is 6.54 Å². The fourth-order valence-electron chi connectivity index (χ4n) is 2.30. The van der Waals surface area contributed by atoms with E-state index in [0.717, 1.165) is 29.1 Å². The van der Waals surface area contributed by atoms with Crippen LogP contribution in [0, 0.1) is 6.92 Å². The van der Waals surface area contributed by atoms with E-state index >= 15 is 0 Å². The lowest BCUT2D eigenvalue weighted by molar-refractivity contribution is -0.0790. The Balaban J connectivity index is 2.23. The Kier molecular flexibility index (Phi) is 3.94. The van der Waals surface area contributed by atoms with E-state index in [-0.39, 0.29) is 11.7 Å². The number of ether oxygens (including phenoxy) is 1. The molecule has 0 saturated carbocycles. The van der Waals surface area contributed by atoms with E-state index in [9.17, 15) is 0 Å². The molecule has 1 saturated heterocycles. The molecule has 4 nitrogen and oxygen atoms in total. The van der Waals surface area contributed by atoms with Crippen LogP contribution in [0.2, 0.25) is 0 Å². The molecule has 0 aliphatic carbocycles. The van der Waals surface area contributed by atoms with Gasteiger partial charge in [-0.25, -0.2) is 4.98 Å². The normalized spacial score (nSPS) is 23.2.